The maximum Gasteiger partial charge on any atom is 0.411 e. The normalized spacial score (nSPS) is 19.2. The summed E-state index contributed by atoms with van der Waals surface area (Å²) in [4.78, 5) is 27.2. The number of ether oxygens (including phenoxy) is 3. The highest BCUT2D eigenvalue weighted by molar-refractivity contribution is 5.91. The topological polar surface area (TPSA) is 89.1 Å². The minimum absolute atomic E-state index is 0.0408. The van der Waals surface area contributed by atoms with Crippen LogP contribution in [0, 0.1) is 5.92 Å². The zero-order valence-corrected chi connectivity index (χ0v) is 26.1. The number of nitrogens with one attached hydrogen (secondary N) is 2. The number of carbonyl (C=O) groups excluding carboxylic acids is 2. The molecule has 0 spiro atoms. The summed E-state index contributed by atoms with van der Waals surface area (Å²) in [5.41, 5.74) is 4.51. The number of fused-ring (bicyclic) bond motifs is 3. The largest absolute Gasteiger partial charge is 0.494 e. The molecule has 3 fully saturated rings. The fourth-order valence-corrected chi connectivity index (χ4v) is 5.88. The average molecular weight is 600 g/mol. The molecule has 0 unspecified atom stereocenters. The number of amides is 2. The molecule has 3 aromatic carbocycles. The van der Waals surface area contributed by atoms with E-state index in [0.717, 1.165) is 79.0 Å². The highest BCUT2D eigenvalue weighted by Crippen LogP contribution is 2.32. The first-order chi connectivity index (χ1) is 21.2. The summed E-state index contributed by atoms with van der Waals surface area (Å²) < 4.78 is 17.2. The van der Waals surface area contributed by atoms with E-state index in [0.29, 0.717) is 25.5 Å². The van der Waals surface area contributed by atoms with Crippen molar-refractivity contribution in [3.8, 4) is 16.9 Å². The summed E-state index contributed by atoms with van der Waals surface area (Å²) in [5.74, 6) is 1.27. The van der Waals surface area contributed by atoms with Crippen molar-refractivity contribution in [2.75, 3.05) is 38.1 Å². The van der Waals surface area contributed by atoms with Crippen molar-refractivity contribution in [1.29, 1.82) is 0 Å². The van der Waals surface area contributed by atoms with Gasteiger partial charge in [0.05, 0.1) is 12.3 Å². The van der Waals surface area contributed by atoms with E-state index < -0.39 is 11.7 Å². The summed E-state index contributed by atoms with van der Waals surface area (Å²) in [6.07, 6.45) is 3.72. The van der Waals surface area contributed by atoms with Crippen LogP contribution in [0.5, 0.6) is 5.75 Å². The van der Waals surface area contributed by atoms with Crippen LogP contribution in [0.15, 0.2) is 72.8 Å². The molecule has 2 bridgehead atoms. The molecule has 0 aromatic heterocycles. The van der Waals surface area contributed by atoms with Crippen molar-refractivity contribution in [2.45, 2.75) is 64.6 Å². The van der Waals surface area contributed by atoms with E-state index in [9.17, 15) is 9.59 Å². The molecule has 8 nitrogen and oxygen atoms in total. The van der Waals surface area contributed by atoms with Crippen molar-refractivity contribution >= 4 is 17.9 Å². The third kappa shape index (κ3) is 9.23. The minimum Gasteiger partial charge on any atom is -0.494 e. The maximum absolute atomic E-state index is 13.0. The zero-order valence-electron chi connectivity index (χ0n) is 26.1. The molecule has 8 heteroatoms. The van der Waals surface area contributed by atoms with Crippen LogP contribution in [-0.4, -0.2) is 61.6 Å². The van der Waals surface area contributed by atoms with Gasteiger partial charge in [0.25, 0.3) is 0 Å². The van der Waals surface area contributed by atoms with Gasteiger partial charge in [-0.3, -0.25) is 10.2 Å². The van der Waals surface area contributed by atoms with Crippen LogP contribution in [0.25, 0.3) is 11.1 Å². The van der Waals surface area contributed by atoms with Crippen LogP contribution in [0.2, 0.25) is 0 Å². The molecule has 3 aromatic rings. The number of piperidine rings is 3. The number of anilines is 1. The molecule has 2 amide bonds. The van der Waals surface area contributed by atoms with E-state index in [1.54, 1.807) is 0 Å². The monoisotopic (exact) mass is 599 g/mol. The summed E-state index contributed by atoms with van der Waals surface area (Å²) in [5, 5.41) is 5.85. The standard InChI is InChI=1S/C36H45N3O5/c1-36(2,3)44-34(40)37-20-17-26-11-14-30(15-12-26)42-23-7-8-27-13-16-31(28-9-5-4-6-10-28)32(24-27)38-35(41)43-33-25-39-21-18-29(33)19-22-39/h4-6,9-16,24,29,33H,7-8,17-23,25H2,1-3H3,(H,37,40)(H,38,41)/t33-/m0/s1. The molecule has 3 saturated heterocycles. The zero-order chi connectivity index (χ0) is 30.9. The summed E-state index contributed by atoms with van der Waals surface area (Å²) in [6, 6.07) is 24.3. The Hall–Kier alpha value is -4.04. The van der Waals surface area contributed by atoms with Crippen molar-refractivity contribution in [1.82, 2.24) is 10.2 Å². The molecule has 6 rings (SSSR count). The third-order valence-electron chi connectivity index (χ3n) is 8.14. The molecule has 234 valence electrons. The Kier molecular flexibility index (Phi) is 10.4. The highest BCUT2D eigenvalue weighted by Gasteiger charge is 2.36. The van der Waals surface area contributed by atoms with Gasteiger partial charge < -0.3 is 19.5 Å². The molecular formula is C36H45N3O5. The van der Waals surface area contributed by atoms with Crippen LogP contribution in [0.1, 0.15) is 51.2 Å². The van der Waals surface area contributed by atoms with Gasteiger partial charge in [0.1, 0.15) is 17.5 Å². The number of benzene rings is 3. The molecule has 2 N–H and O–H groups in total. The lowest BCUT2D eigenvalue weighted by Crippen LogP contribution is -2.52. The van der Waals surface area contributed by atoms with E-state index >= 15 is 0 Å². The second-order valence-corrected chi connectivity index (χ2v) is 12.7. The first kappa shape index (κ1) is 31.4. The number of hydrogen-bond donors (Lipinski definition) is 2. The molecule has 1 atom stereocenters. The lowest BCUT2D eigenvalue weighted by Gasteiger charge is -2.43. The lowest BCUT2D eigenvalue weighted by molar-refractivity contribution is -0.0289. The summed E-state index contributed by atoms with van der Waals surface area (Å²) in [6.45, 7) is 9.67. The molecule has 0 radical (unpaired) electrons. The Balaban J connectivity index is 1.11. The molecule has 0 saturated carbocycles. The van der Waals surface area contributed by atoms with Gasteiger partial charge >= 0.3 is 12.2 Å². The number of alkyl carbamates (subject to hydrolysis) is 1. The second-order valence-electron chi connectivity index (χ2n) is 12.7. The Morgan fingerprint density at radius 2 is 1.61 bits per heavy atom. The molecular weight excluding hydrogens is 554 g/mol. The van der Waals surface area contributed by atoms with Crippen molar-refractivity contribution < 1.29 is 23.8 Å². The van der Waals surface area contributed by atoms with Gasteiger partial charge in [-0.1, -0.05) is 54.6 Å². The molecule has 3 aliphatic rings. The van der Waals surface area contributed by atoms with Crippen molar-refractivity contribution in [3.63, 3.8) is 0 Å². The van der Waals surface area contributed by atoms with Gasteiger partial charge in [-0.2, -0.15) is 0 Å². The van der Waals surface area contributed by atoms with Gasteiger partial charge in [-0.25, -0.2) is 9.59 Å². The van der Waals surface area contributed by atoms with Crippen LogP contribution in [0.4, 0.5) is 15.3 Å². The lowest BCUT2D eigenvalue weighted by atomic mass is 9.86. The van der Waals surface area contributed by atoms with Crippen LogP contribution in [-0.2, 0) is 22.3 Å². The first-order valence-corrected chi connectivity index (χ1v) is 15.8. The fourth-order valence-electron chi connectivity index (χ4n) is 5.88. The molecule has 3 aliphatic heterocycles. The van der Waals surface area contributed by atoms with E-state index in [-0.39, 0.29) is 12.2 Å². The van der Waals surface area contributed by atoms with Gasteiger partial charge in [0.2, 0.25) is 0 Å². The SMILES string of the molecule is CC(C)(C)OC(=O)NCCc1ccc(OCCCc2ccc(-c3ccccc3)c(NC(=O)O[C@H]3CN4CCC3CC4)c2)cc1. The fraction of sp³-hybridized carbons (Fsp3) is 0.444. The smallest absolute Gasteiger partial charge is 0.411 e. The van der Waals surface area contributed by atoms with Crippen LogP contribution >= 0.6 is 0 Å². The van der Waals surface area contributed by atoms with Crippen LogP contribution in [0.3, 0.4) is 0 Å². The van der Waals surface area contributed by atoms with Crippen molar-refractivity contribution in [2.24, 2.45) is 5.92 Å². The predicted octanol–water partition coefficient (Wildman–Crippen LogP) is 7.08. The van der Waals surface area contributed by atoms with E-state index in [1.165, 1.54) is 0 Å². The first-order valence-electron chi connectivity index (χ1n) is 15.8. The highest BCUT2D eigenvalue weighted by atomic mass is 16.6. The Morgan fingerprint density at radius 1 is 0.886 bits per heavy atom. The number of aryl methyl sites for hydroxylation is 1. The predicted molar refractivity (Wildman–Crippen MR) is 173 cm³/mol. The third-order valence-corrected chi connectivity index (χ3v) is 8.14. The Labute approximate surface area is 261 Å². The van der Waals surface area contributed by atoms with E-state index in [1.807, 2.05) is 63.2 Å². The van der Waals surface area contributed by atoms with Gasteiger partial charge in [-0.05, 0) is 107 Å². The molecule has 0 aliphatic carbocycles. The number of rotatable bonds is 11. The summed E-state index contributed by atoms with van der Waals surface area (Å²) in [7, 11) is 0. The van der Waals surface area contributed by atoms with E-state index in [2.05, 4.69) is 45.9 Å². The molecule has 3 heterocycles. The number of hydrogen-bond acceptors (Lipinski definition) is 6. The summed E-state index contributed by atoms with van der Waals surface area (Å²) >= 11 is 0. The minimum atomic E-state index is -0.505. The molecule has 44 heavy (non-hydrogen) atoms. The Morgan fingerprint density at radius 3 is 2.30 bits per heavy atom. The number of carbonyl (C=O) groups is 2. The van der Waals surface area contributed by atoms with Crippen molar-refractivity contribution in [3.05, 3.63) is 83.9 Å². The Bertz CT molecular complexity index is 1380. The number of nitrogens with zero attached hydrogens (tertiary/aromatic N) is 1. The van der Waals surface area contributed by atoms with Gasteiger partial charge in [0.15, 0.2) is 0 Å². The second kappa shape index (κ2) is 14.6. The van der Waals surface area contributed by atoms with Gasteiger partial charge in [-0.15, -0.1) is 0 Å². The van der Waals surface area contributed by atoms with E-state index in [4.69, 9.17) is 14.2 Å². The van der Waals surface area contributed by atoms with Gasteiger partial charge in [0, 0.05) is 18.7 Å². The average Bonchev–Trinajstić information content (AvgIpc) is 3.00. The maximum atomic E-state index is 13.0. The quantitative estimate of drug-likeness (QED) is 0.229. The van der Waals surface area contributed by atoms with Crippen LogP contribution < -0.4 is 15.4 Å².